The van der Waals surface area contributed by atoms with Crippen LogP contribution in [0.1, 0.15) is 24.2 Å². The molecule has 110 valence electrons. The number of rotatable bonds is 2. The summed E-state index contributed by atoms with van der Waals surface area (Å²) >= 11 is 9.09. The van der Waals surface area contributed by atoms with Gasteiger partial charge in [-0.15, -0.1) is 11.6 Å². The van der Waals surface area contributed by atoms with Gasteiger partial charge in [0.1, 0.15) is 5.82 Å². The van der Waals surface area contributed by atoms with Gasteiger partial charge in [-0.3, -0.25) is 4.79 Å². The van der Waals surface area contributed by atoms with E-state index in [4.69, 9.17) is 16.3 Å². The van der Waals surface area contributed by atoms with E-state index in [-0.39, 0.29) is 17.6 Å². The lowest BCUT2D eigenvalue weighted by molar-refractivity contribution is -0.117. The van der Waals surface area contributed by atoms with Gasteiger partial charge < -0.3 is 9.64 Å². The molecule has 3 nitrogen and oxygen atoms in total. The molecule has 1 amide bonds. The molecule has 0 bridgehead atoms. The Kier molecular flexibility index (Phi) is 4.72. The first-order chi connectivity index (χ1) is 9.32. The molecule has 0 aliphatic carbocycles. The van der Waals surface area contributed by atoms with Gasteiger partial charge in [-0.2, -0.15) is 0 Å². The molecule has 0 N–H and O–H groups in total. The van der Waals surface area contributed by atoms with Crippen LogP contribution in [0, 0.1) is 5.82 Å². The summed E-state index contributed by atoms with van der Waals surface area (Å²) in [5.41, 5.74) is -0.430. The standard InChI is InChI=1S/C14H16BrClFNO2/c1-14(2)8-18(7-10(6-16)20-14)13(19)11-5-9(15)3-4-12(11)17/h3-5,10H,6-8H2,1-2H3. The Bertz CT molecular complexity index is 524. The zero-order valence-electron chi connectivity index (χ0n) is 11.3. The summed E-state index contributed by atoms with van der Waals surface area (Å²) in [7, 11) is 0. The summed E-state index contributed by atoms with van der Waals surface area (Å²) in [6.45, 7) is 4.56. The van der Waals surface area contributed by atoms with E-state index >= 15 is 0 Å². The zero-order valence-corrected chi connectivity index (χ0v) is 13.7. The van der Waals surface area contributed by atoms with E-state index in [9.17, 15) is 9.18 Å². The maximum atomic E-state index is 13.8. The Morgan fingerprint density at radius 3 is 2.95 bits per heavy atom. The molecule has 0 spiro atoms. The second-order valence-corrected chi connectivity index (χ2v) is 6.69. The van der Waals surface area contributed by atoms with Crippen LogP contribution in [0.2, 0.25) is 0 Å². The minimum atomic E-state index is -0.523. The van der Waals surface area contributed by atoms with Crippen LogP contribution in [0.15, 0.2) is 22.7 Å². The number of hydrogen-bond acceptors (Lipinski definition) is 2. The van der Waals surface area contributed by atoms with Crippen LogP contribution in [0.4, 0.5) is 4.39 Å². The van der Waals surface area contributed by atoms with Crippen molar-refractivity contribution < 1.29 is 13.9 Å². The Labute approximate surface area is 131 Å². The van der Waals surface area contributed by atoms with Gasteiger partial charge in [-0.25, -0.2) is 4.39 Å². The molecule has 0 radical (unpaired) electrons. The first-order valence-corrected chi connectivity index (χ1v) is 7.63. The molecule has 1 fully saturated rings. The molecule has 1 aliphatic heterocycles. The minimum absolute atomic E-state index is 0.0606. The molecule has 1 unspecified atom stereocenters. The predicted octanol–water partition coefficient (Wildman–Crippen LogP) is 3.45. The highest BCUT2D eigenvalue weighted by Crippen LogP contribution is 2.25. The molecule has 1 aliphatic rings. The van der Waals surface area contributed by atoms with E-state index in [2.05, 4.69) is 15.9 Å². The number of benzene rings is 1. The summed E-state index contributed by atoms with van der Waals surface area (Å²) in [5, 5.41) is 0. The summed E-state index contributed by atoms with van der Waals surface area (Å²) in [5.74, 6) is -0.561. The number of alkyl halides is 1. The molecular weight excluding hydrogens is 349 g/mol. The number of nitrogens with zero attached hydrogens (tertiary/aromatic N) is 1. The third-order valence-electron chi connectivity index (χ3n) is 3.10. The third kappa shape index (κ3) is 3.51. The molecular formula is C14H16BrClFNO2. The number of ether oxygens (including phenoxy) is 1. The Balaban J connectivity index is 2.25. The highest BCUT2D eigenvalue weighted by molar-refractivity contribution is 9.10. The van der Waals surface area contributed by atoms with Gasteiger partial charge in [0.25, 0.3) is 5.91 Å². The average Bonchev–Trinajstić information content (AvgIpc) is 2.38. The van der Waals surface area contributed by atoms with E-state index in [1.165, 1.54) is 12.1 Å². The van der Waals surface area contributed by atoms with Crippen LogP contribution in [-0.4, -0.2) is 41.5 Å². The fourth-order valence-corrected chi connectivity index (χ4v) is 2.88. The van der Waals surface area contributed by atoms with Crippen molar-refractivity contribution in [3.8, 4) is 0 Å². The average molecular weight is 365 g/mol. The Morgan fingerprint density at radius 2 is 2.30 bits per heavy atom. The zero-order chi connectivity index (χ0) is 14.9. The molecule has 1 aromatic carbocycles. The molecule has 1 saturated heterocycles. The van der Waals surface area contributed by atoms with Crippen molar-refractivity contribution in [3.05, 3.63) is 34.1 Å². The van der Waals surface area contributed by atoms with Gasteiger partial charge in [-0.1, -0.05) is 15.9 Å². The van der Waals surface area contributed by atoms with Gasteiger partial charge in [0.05, 0.1) is 23.1 Å². The minimum Gasteiger partial charge on any atom is -0.367 e. The molecule has 1 atom stereocenters. The topological polar surface area (TPSA) is 29.5 Å². The molecule has 6 heteroatoms. The molecule has 0 aromatic heterocycles. The first-order valence-electron chi connectivity index (χ1n) is 6.30. The highest BCUT2D eigenvalue weighted by Gasteiger charge is 2.36. The lowest BCUT2D eigenvalue weighted by Crippen LogP contribution is -2.55. The van der Waals surface area contributed by atoms with Gasteiger partial charge >= 0.3 is 0 Å². The van der Waals surface area contributed by atoms with E-state index in [0.717, 1.165) is 0 Å². The van der Waals surface area contributed by atoms with E-state index in [1.54, 1.807) is 11.0 Å². The maximum absolute atomic E-state index is 13.8. The fraction of sp³-hybridized carbons (Fsp3) is 0.500. The van der Waals surface area contributed by atoms with E-state index in [1.807, 2.05) is 13.8 Å². The van der Waals surface area contributed by atoms with Crippen LogP contribution in [-0.2, 0) is 4.74 Å². The number of carbonyl (C=O) groups excluding carboxylic acids is 1. The van der Waals surface area contributed by atoms with Gasteiger partial charge in [-0.05, 0) is 32.0 Å². The third-order valence-corrected chi connectivity index (χ3v) is 3.94. The van der Waals surface area contributed by atoms with Gasteiger partial charge in [0, 0.05) is 17.6 Å². The van der Waals surface area contributed by atoms with Crippen molar-refractivity contribution in [2.75, 3.05) is 19.0 Å². The second kappa shape index (κ2) is 6.00. The molecule has 2 rings (SSSR count). The summed E-state index contributed by atoms with van der Waals surface area (Å²) in [4.78, 5) is 14.1. The normalized spacial score (nSPS) is 21.9. The summed E-state index contributed by atoms with van der Waals surface area (Å²) in [6, 6.07) is 4.34. The number of halogens is 3. The smallest absolute Gasteiger partial charge is 0.257 e. The van der Waals surface area contributed by atoms with Crippen molar-refractivity contribution >= 4 is 33.4 Å². The summed E-state index contributed by atoms with van der Waals surface area (Å²) < 4.78 is 20.3. The number of amides is 1. The van der Waals surface area contributed by atoms with Crippen molar-refractivity contribution in [1.29, 1.82) is 0 Å². The Hall–Kier alpha value is -0.650. The van der Waals surface area contributed by atoms with Crippen LogP contribution < -0.4 is 0 Å². The molecule has 1 heterocycles. The van der Waals surface area contributed by atoms with Crippen molar-refractivity contribution in [2.45, 2.75) is 25.6 Å². The van der Waals surface area contributed by atoms with Gasteiger partial charge in [0.2, 0.25) is 0 Å². The molecule has 0 saturated carbocycles. The number of morpholine rings is 1. The largest absolute Gasteiger partial charge is 0.367 e. The predicted molar refractivity (Wildman–Crippen MR) is 79.7 cm³/mol. The lowest BCUT2D eigenvalue weighted by Gasteiger charge is -2.42. The number of carbonyl (C=O) groups is 1. The quantitative estimate of drug-likeness (QED) is 0.752. The van der Waals surface area contributed by atoms with Crippen LogP contribution >= 0.6 is 27.5 Å². The van der Waals surface area contributed by atoms with Crippen molar-refractivity contribution in [2.24, 2.45) is 0 Å². The molecule has 1 aromatic rings. The monoisotopic (exact) mass is 363 g/mol. The van der Waals surface area contributed by atoms with Crippen LogP contribution in [0.25, 0.3) is 0 Å². The van der Waals surface area contributed by atoms with Crippen molar-refractivity contribution in [3.63, 3.8) is 0 Å². The van der Waals surface area contributed by atoms with Gasteiger partial charge in [0.15, 0.2) is 0 Å². The highest BCUT2D eigenvalue weighted by atomic mass is 79.9. The van der Waals surface area contributed by atoms with Crippen LogP contribution in [0.3, 0.4) is 0 Å². The van der Waals surface area contributed by atoms with E-state index in [0.29, 0.717) is 23.4 Å². The van der Waals surface area contributed by atoms with Crippen LogP contribution in [0.5, 0.6) is 0 Å². The number of hydrogen-bond donors (Lipinski definition) is 0. The first kappa shape index (κ1) is 15.7. The Morgan fingerprint density at radius 1 is 1.60 bits per heavy atom. The lowest BCUT2D eigenvalue weighted by atomic mass is 10.0. The van der Waals surface area contributed by atoms with E-state index < -0.39 is 11.4 Å². The summed E-state index contributed by atoms with van der Waals surface area (Å²) in [6.07, 6.45) is -0.236. The maximum Gasteiger partial charge on any atom is 0.257 e. The molecule has 20 heavy (non-hydrogen) atoms. The SMILES string of the molecule is CC1(C)CN(C(=O)c2cc(Br)ccc2F)CC(CCl)O1. The fourth-order valence-electron chi connectivity index (χ4n) is 2.36. The van der Waals surface area contributed by atoms with Crippen molar-refractivity contribution in [1.82, 2.24) is 4.90 Å². The second-order valence-electron chi connectivity index (χ2n) is 5.46.